The van der Waals surface area contributed by atoms with E-state index in [9.17, 15) is 13.2 Å². The van der Waals surface area contributed by atoms with Gasteiger partial charge in [0.2, 0.25) is 0 Å². The van der Waals surface area contributed by atoms with E-state index in [2.05, 4.69) is 23.7 Å². The van der Waals surface area contributed by atoms with Crippen molar-refractivity contribution in [3.63, 3.8) is 0 Å². The van der Waals surface area contributed by atoms with Gasteiger partial charge < -0.3 is 10.5 Å². The Morgan fingerprint density at radius 2 is 1.91 bits per heavy atom. The molecule has 1 aliphatic heterocycles. The van der Waals surface area contributed by atoms with Crippen molar-refractivity contribution in [2.24, 2.45) is 11.8 Å². The van der Waals surface area contributed by atoms with Crippen molar-refractivity contribution in [2.75, 3.05) is 25.9 Å². The smallest absolute Gasteiger partial charge is 0.383 e. The maximum Gasteiger partial charge on any atom is 0.419 e. The number of rotatable bonds is 6. The highest BCUT2D eigenvalue weighted by molar-refractivity contribution is 5.63. The molecule has 3 atom stereocenters. The summed E-state index contributed by atoms with van der Waals surface area (Å²) in [6, 6.07) is 3.84. The number of fused-ring (bicyclic) bond motifs is 1. The van der Waals surface area contributed by atoms with E-state index in [0.717, 1.165) is 31.3 Å². The van der Waals surface area contributed by atoms with Crippen molar-refractivity contribution in [3.05, 3.63) is 29.6 Å². The highest BCUT2D eigenvalue weighted by Crippen LogP contribution is 2.64. The third kappa shape index (κ3) is 3.59. The number of methoxy groups -OCH3 is 1. The monoisotopic (exact) mass is 449 g/mol. The van der Waals surface area contributed by atoms with Gasteiger partial charge >= 0.3 is 6.18 Å². The molecule has 2 aromatic heterocycles. The lowest BCUT2D eigenvalue weighted by molar-refractivity contribution is -0.137. The summed E-state index contributed by atoms with van der Waals surface area (Å²) in [5, 5.41) is 4.74. The molecule has 2 aliphatic carbocycles. The molecule has 9 heteroatoms. The van der Waals surface area contributed by atoms with Gasteiger partial charge in [0, 0.05) is 55.7 Å². The second kappa shape index (κ2) is 7.73. The number of hydrogen-bond acceptors (Lipinski definition) is 5. The Kier molecular flexibility index (Phi) is 5.24. The van der Waals surface area contributed by atoms with Crippen LogP contribution in [0.2, 0.25) is 0 Å². The number of likely N-dealkylation sites (tertiary alicyclic amines) is 1. The van der Waals surface area contributed by atoms with E-state index in [-0.39, 0.29) is 6.04 Å². The molecule has 0 spiro atoms. The molecule has 3 aliphatic rings. The maximum atomic E-state index is 13.3. The van der Waals surface area contributed by atoms with E-state index in [0.29, 0.717) is 41.2 Å². The summed E-state index contributed by atoms with van der Waals surface area (Å²) < 4.78 is 47.4. The molecule has 2 saturated carbocycles. The van der Waals surface area contributed by atoms with Crippen molar-refractivity contribution >= 4 is 5.82 Å². The minimum atomic E-state index is -4.55. The zero-order valence-corrected chi connectivity index (χ0v) is 18.6. The molecule has 2 N–H and O–H groups in total. The Morgan fingerprint density at radius 1 is 1.22 bits per heavy atom. The van der Waals surface area contributed by atoms with Crippen molar-refractivity contribution in [1.29, 1.82) is 0 Å². The normalized spacial score (nSPS) is 29.1. The van der Waals surface area contributed by atoms with Crippen LogP contribution in [-0.4, -0.2) is 52.0 Å². The van der Waals surface area contributed by atoms with Gasteiger partial charge in [0.1, 0.15) is 5.82 Å². The third-order valence-corrected chi connectivity index (χ3v) is 7.78. The molecule has 0 radical (unpaired) electrons. The first-order chi connectivity index (χ1) is 15.2. The molecule has 5 rings (SSSR count). The van der Waals surface area contributed by atoms with Crippen LogP contribution < -0.4 is 5.73 Å². The number of anilines is 1. The summed E-state index contributed by atoms with van der Waals surface area (Å²) in [4.78, 5) is 6.32. The van der Waals surface area contributed by atoms with Gasteiger partial charge in [-0.1, -0.05) is 6.92 Å². The molecule has 3 heterocycles. The third-order valence-electron chi connectivity index (χ3n) is 7.78. The SMILES string of the molecule is CCC(C)n1nc(-c2cnc(N)c(C(F)(F)F)c2)cc1C1C2CC(N3CC(OC)C3)CC21. The number of pyridine rings is 1. The number of ether oxygens (including phenoxy) is 1. The Balaban J connectivity index is 1.38. The second-order valence-electron chi connectivity index (χ2n) is 9.60. The Labute approximate surface area is 185 Å². The number of nitrogens with zero attached hydrogens (tertiary/aromatic N) is 4. The first kappa shape index (κ1) is 21.7. The van der Waals surface area contributed by atoms with Gasteiger partial charge in [0.05, 0.1) is 17.4 Å². The second-order valence-corrected chi connectivity index (χ2v) is 9.60. The Morgan fingerprint density at radius 3 is 2.50 bits per heavy atom. The molecule has 3 fully saturated rings. The summed E-state index contributed by atoms with van der Waals surface area (Å²) in [5.74, 6) is 1.19. The van der Waals surface area contributed by atoms with Crippen LogP contribution >= 0.6 is 0 Å². The summed E-state index contributed by atoms with van der Waals surface area (Å²) >= 11 is 0. The van der Waals surface area contributed by atoms with Crippen molar-refractivity contribution in [2.45, 2.75) is 63.4 Å². The number of hydrogen-bond donors (Lipinski definition) is 1. The summed E-state index contributed by atoms with van der Waals surface area (Å²) in [6.07, 6.45) is 0.461. The zero-order chi connectivity index (χ0) is 22.8. The fourth-order valence-corrected chi connectivity index (χ4v) is 5.63. The Bertz CT molecular complexity index is 988. The first-order valence-corrected chi connectivity index (χ1v) is 11.4. The number of nitrogen functional groups attached to an aromatic ring is 1. The van der Waals surface area contributed by atoms with Gasteiger partial charge in [0.15, 0.2) is 0 Å². The zero-order valence-electron chi connectivity index (χ0n) is 18.6. The molecule has 32 heavy (non-hydrogen) atoms. The summed E-state index contributed by atoms with van der Waals surface area (Å²) in [5.41, 5.74) is 6.60. The molecule has 6 nitrogen and oxygen atoms in total. The predicted octanol–water partition coefficient (Wildman–Crippen LogP) is 4.34. The maximum absolute atomic E-state index is 13.3. The average Bonchev–Trinajstić information content (AvgIpc) is 3.06. The minimum Gasteiger partial charge on any atom is -0.383 e. The fraction of sp³-hybridized carbons (Fsp3) is 0.652. The van der Waals surface area contributed by atoms with Crippen LogP contribution in [-0.2, 0) is 10.9 Å². The van der Waals surface area contributed by atoms with Gasteiger partial charge in [-0.05, 0) is 50.2 Å². The molecular formula is C23H30F3N5O. The molecule has 0 bridgehead atoms. The lowest BCUT2D eigenvalue weighted by Gasteiger charge is -2.43. The first-order valence-electron chi connectivity index (χ1n) is 11.4. The molecular weight excluding hydrogens is 419 g/mol. The van der Waals surface area contributed by atoms with E-state index in [1.54, 1.807) is 7.11 Å². The number of alkyl halides is 3. The average molecular weight is 450 g/mol. The van der Waals surface area contributed by atoms with E-state index >= 15 is 0 Å². The van der Waals surface area contributed by atoms with E-state index in [4.69, 9.17) is 15.6 Å². The van der Waals surface area contributed by atoms with Crippen molar-refractivity contribution < 1.29 is 17.9 Å². The van der Waals surface area contributed by atoms with Crippen LogP contribution in [0.15, 0.2) is 18.3 Å². The van der Waals surface area contributed by atoms with Crippen LogP contribution in [0.25, 0.3) is 11.3 Å². The van der Waals surface area contributed by atoms with Gasteiger partial charge in [0.25, 0.3) is 0 Å². The van der Waals surface area contributed by atoms with Crippen molar-refractivity contribution in [3.8, 4) is 11.3 Å². The van der Waals surface area contributed by atoms with Crippen LogP contribution in [0.4, 0.5) is 19.0 Å². The van der Waals surface area contributed by atoms with Gasteiger partial charge in [-0.2, -0.15) is 18.3 Å². The highest BCUT2D eigenvalue weighted by atomic mass is 19.4. The number of aromatic nitrogens is 3. The predicted molar refractivity (Wildman–Crippen MR) is 115 cm³/mol. The van der Waals surface area contributed by atoms with Crippen LogP contribution in [0.5, 0.6) is 0 Å². The van der Waals surface area contributed by atoms with Crippen LogP contribution in [0, 0.1) is 11.8 Å². The lowest BCUT2D eigenvalue weighted by Crippen LogP contribution is -2.55. The highest BCUT2D eigenvalue weighted by Gasteiger charge is 2.59. The van der Waals surface area contributed by atoms with E-state index in [1.165, 1.54) is 19.0 Å². The summed E-state index contributed by atoms with van der Waals surface area (Å²) in [6.45, 7) is 6.24. The van der Waals surface area contributed by atoms with Gasteiger partial charge in [-0.25, -0.2) is 4.98 Å². The van der Waals surface area contributed by atoms with Crippen LogP contribution in [0.1, 0.15) is 56.3 Å². The topological polar surface area (TPSA) is 69.2 Å². The molecule has 2 aromatic rings. The van der Waals surface area contributed by atoms with E-state index < -0.39 is 17.6 Å². The molecule has 0 aromatic carbocycles. The van der Waals surface area contributed by atoms with Gasteiger partial charge in [-0.3, -0.25) is 9.58 Å². The standard InChI is InChI=1S/C23H30F3N5O/c1-4-12(2)31-20(21-16-6-14(7-17(16)21)30-10-15(11-30)32-3)8-19(29-31)13-5-18(23(24,25)26)22(27)28-9-13/h5,8-9,12,14-17,21H,4,6-7,10-11H2,1-3H3,(H2,27,28). The number of halogens is 3. The molecule has 174 valence electrons. The molecule has 3 unspecified atom stereocenters. The fourth-order valence-electron chi connectivity index (χ4n) is 5.63. The number of nitrogens with two attached hydrogens (primary N) is 1. The summed E-state index contributed by atoms with van der Waals surface area (Å²) in [7, 11) is 1.77. The van der Waals surface area contributed by atoms with Crippen molar-refractivity contribution in [1.82, 2.24) is 19.7 Å². The van der Waals surface area contributed by atoms with Gasteiger partial charge in [-0.15, -0.1) is 0 Å². The Hall–Kier alpha value is -2.13. The van der Waals surface area contributed by atoms with E-state index in [1.807, 2.05) is 10.7 Å². The largest absolute Gasteiger partial charge is 0.419 e. The minimum absolute atomic E-state index is 0.178. The molecule has 1 saturated heterocycles. The lowest BCUT2D eigenvalue weighted by atomic mass is 9.99. The molecule has 0 amide bonds. The van der Waals surface area contributed by atoms with Crippen LogP contribution in [0.3, 0.4) is 0 Å². The quantitative estimate of drug-likeness (QED) is 0.711.